The summed E-state index contributed by atoms with van der Waals surface area (Å²) in [6.07, 6.45) is 1.89. The van der Waals surface area contributed by atoms with Crippen molar-refractivity contribution in [2.75, 3.05) is 4.55 Å². The fraction of sp³-hybridized carbons (Fsp3) is 0.429. The Hall–Kier alpha value is -0.190. The molecule has 0 aromatic rings. The van der Waals surface area contributed by atoms with E-state index in [0.717, 1.165) is 10.3 Å². The summed E-state index contributed by atoms with van der Waals surface area (Å²) in [4.78, 5) is 0. The number of ether oxygens (including phenoxy) is 1. The zero-order valence-corrected chi connectivity index (χ0v) is 8.44. The molecule has 0 atom stereocenters. The van der Waals surface area contributed by atoms with Gasteiger partial charge in [0.1, 0.15) is 0 Å². The molecule has 2 nitrogen and oxygen atoms in total. The first-order valence-corrected chi connectivity index (χ1v) is 4.52. The van der Waals surface area contributed by atoms with Crippen LogP contribution in [-0.4, -0.2) is 4.55 Å². The minimum atomic E-state index is 0.602. The molecule has 0 heterocycles. The monoisotopic (exact) mass is 253 g/mol. The van der Waals surface area contributed by atoms with E-state index in [1.54, 1.807) is 0 Å². The predicted molar refractivity (Wildman–Crippen MR) is 51.7 cm³/mol. The van der Waals surface area contributed by atoms with E-state index < -0.39 is 0 Å². The maximum atomic E-state index is 5.19. The third-order valence-electron chi connectivity index (χ3n) is 0.955. The topological polar surface area (TPSA) is 21.3 Å². The molecule has 0 fully saturated rings. The number of halogens is 1. The molecule has 3 heteroatoms. The fourth-order valence-corrected chi connectivity index (χ4v) is 0.789. The lowest BCUT2D eigenvalue weighted by Gasteiger charge is -2.07. The molecule has 0 aliphatic rings. The van der Waals surface area contributed by atoms with Crippen molar-refractivity contribution in [3.63, 3.8) is 0 Å². The molecule has 0 spiro atoms. The molecule has 0 aromatic carbocycles. The molecule has 1 N–H and O–H groups in total. The standard InChI is InChI=1S/C7H12INO/c1-4-6(2)10-7(3)9-5-8/h4,9H,3,5H2,1-2H3/b6-4+. The quantitative estimate of drug-likeness (QED) is 0.359. The largest absolute Gasteiger partial charge is 0.447 e. The first-order chi connectivity index (χ1) is 4.70. The highest BCUT2D eigenvalue weighted by Crippen LogP contribution is 2.00. The molecule has 58 valence electrons. The Labute approximate surface area is 75.5 Å². The van der Waals surface area contributed by atoms with Crippen molar-refractivity contribution in [2.45, 2.75) is 13.8 Å². The first kappa shape index (κ1) is 9.81. The smallest absolute Gasteiger partial charge is 0.186 e. The third kappa shape index (κ3) is 4.67. The summed E-state index contributed by atoms with van der Waals surface area (Å²) in [6, 6.07) is 0. The van der Waals surface area contributed by atoms with Crippen molar-refractivity contribution in [3.8, 4) is 0 Å². The minimum Gasteiger partial charge on any atom is -0.447 e. The Morgan fingerprint density at radius 1 is 1.80 bits per heavy atom. The van der Waals surface area contributed by atoms with Gasteiger partial charge in [-0.15, -0.1) is 0 Å². The molecule has 10 heavy (non-hydrogen) atoms. The van der Waals surface area contributed by atoms with Crippen LogP contribution in [-0.2, 0) is 4.74 Å². The maximum Gasteiger partial charge on any atom is 0.186 e. The Kier molecular flexibility index (Phi) is 5.48. The van der Waals surface area contributed by atoms with Gasteiger partial charge in [-0.1, -0.05) is 22.6 Å². The van der Waals surface area contributed by atoms with Gasteiger partial charge in [-0.05, 0) is 26.5 Å². The molecule has 0 radical (unpaired) electrons. The van der Waals surface area contributed by atoms with Gasteiger partial charge in [0.25, 0.3) is 0 Å². The van der Waals surface area contributed by atoms with Crippen LogP contribution in [0.1, 0.15) is 13.8 Å². The van der Waals surface area contributed by atoms with Crippen molar-refractivity contribution in [2.24, 2.45) is 0 Å². The number of alkyl halides is 1. The van der Waals surface area contributed by atoms with Crippen LogP contribution < -0.4 is 5.32 Å². The van der Waals surface area contributed by atoms with Crippen molar-refractivity contribution in [3.05, 3.63) is 24.3 Å². The predicted octanol–water partition coefficient (Wildman–Crippen LogP) is 2.38. The van der Waals surface area contributed by atoms with E-state index >= 15 is 0 Å². The van der Waals surface area contributed by atoms with Crippen LogP contribution in [0.2, 0.25) is 0 Å². The SMILES string of the molecule is C=C(NCI)O/C(C)=C/C. The highest BCUT2D eigenvalue weighted by molar-refractivity contribution is 14.1. The summed E-state index contributed by atoms with van der Waals surface area (Å²) in [7, 11) is 0. The maximum absolute atomic E-state index is 5.19. The molecule has 0 aliphatic carbocycles. The van der Waals surface area contributed by atoms with Crippen LogP contribution in [0.25, 0.3) is 0 Å². The molecule has 0 unspecified atom stereocenters. The van der Waals surface area contributed by atoms with Gasteiger partial charge in [0.05, 0.1) is 10.3 Å². The van der Waals surface area contributed by atoms with Gasteiger partial charge in [-0.25, -0.2) is 0 Å². The minimum absolute atomic E-state index is 0.602. The highest BCUT2D eigenvalue weighted by atomic mass is 127. The molecule has 0 amide bonds. The van der Waals surface area contributed by atoms with Gasteiger partial charge in [-0.2, -0.15) is 0 Å². The second-order valence-electron chi connectivity index (χ2n) is 1.73. The average Bonchev–Trinajstić information content (AvgIpc) is 1.88. The van der Waals surface area contributed by atoms with Gasteiger partial charge < -0.3 is 10.1 Å². The fourth-order valence-electron chi connectivity index (χ4n) is 0.364. The van der Waals surface area contributed by atoms with Crippen LogP contribution >= 0.6 is 22.6 Å². The van der Waals surface area contributed by atoms with Gasteiger partial charge >= 0.3 is 0 Å². The van der Waals surface area contributed by atoms with E-state index in [2.05, 4.69) is 34.5 Å². The average molecular weight is 253 g/mol. The Morgan fingerprint density at radius 2 is 2.40 bits per heavy atom. The van der Waals surface area contributed by atoms with Gasteiger partial charge in [0.2, 0.25) is 0 Å². The normalized spacial score (nSPS) is 10.9. The molecular weight excluding hydrogens is 241 g/mol. The van der Waals surface area contributed by atoms with Gasteiger partial charge in [0, 0.05) is 0 Å². The van der Waals surface area contributed by atoms with E-state index in [1.165, 1.54) is 0 Å². The van der Waals surface area contributed by atoms with Crippen LogP contribution in [0.3, 0.4) is 0 Å². The summed E-state index contributed by atoms with van der Waals surface area (Å²) >= 11 is 2.19. The molecule has 0 saturated carbocycles. The molecule has 0 aliphatic heterocycles. The van der Waals surface area contributed by atoms with E-state index in [-0.39, 0.29) is 0 Å². The second-order valence-corrected chi connectivity index (χ2v) is 2.50. The number of rotatable bonds is 4. The zero-order valence-electron chi connectivity index (χ0n) is 6.28. The van der Waals surface area contributed by atoms with Crippen LogP contribution in [0.5, 0.6) is 0 Å². The first-order valence-electron chi connectivity index (χ1n) is 3.00. The Bertz CT molecular complexity index is 143. The van der Waals surface area contributed by atoms with E-state index in [1.807, 2.05) is 19.9 Å². The van der Waals surface area contributed by atoms with Gasteiger partial charge in [0.15, 0.2) is 5.88 Å². The van der Waals surface area contributed by atoms with Crippen LogP contribution in [0.4, 0.5) is 0 Å². The Morgan fingerprint density at radius 3 is 2.80 bits per heavy atom. The Balaban J connectivity index is 3.58. The summed E-state index contributed by atoms with van der Waals surface area (Å²) in [6.45, 7) is 7.47. The molecule has 0 saturated heterocycles. The number of hydrogen-bond acceptors (Lipinski definition) is 2. The molecule has 0 bridgehead atoms. The number of nitrogens with one attached hydrogen (secondary N) is 1. The number of allylic oxidation sites excluding steroid dienone is 2. The van der Waals surface area contributed by atoms with Crippen molar-refractivity contribution in [1.29, 1.82) is 0 Å². The number of hydrogen-bond donors (Lipinski definition) is 1. The zero-order chi connectivity index (χ0) is 7.98. The second kappa shape index (κ2) is 5.58. The molecule has 0 rings (SSSR count). The van der Waals surface area contributed by atoms with Crippen molar-refractivity contribution in [1.82, 2.24) is 5.32 Å². The van der Waals surface area contributed by atoms with Gasteiger partial charge in [-0.3, -0.25) is 0 Å². The molecule has 0 aromatic heterocycles. The van der Waals surface area contributed by atoms with Crippen molar-refractivity contribution >= 4 is 22.6 Å². The summed E-state index contributed by atoms with van der Waals surface area (Å²) in [5, 5.41) is 2.94. The van der Waals surface area contributed by atoms with Crippen LogP contribution in [0, 0.1) is 0 Å². The third-order valence-corrected chi connectivity index (χ3v) is 1.34. The van der Waals surface area contributed by atoms with Crippen LogP contribution in [0.15, 0.2) is 24.3 Å². The lowest BCUT2D eigenvalue weighted by molar-refractivity contribution is 0.284. The van der Waals surface area contributed by atoms with E-state index in [4.69, 9.17) is 4.74 Å². The highest BCUT2D eigenvalue weighted by Gasteiger charge is 1.91. The summed E-state index contributed by atoms with van der Waals surface area (Å²) < 4.78 is 6.00. The summed E-state index contributed by atoms with van der Waals surface area (Å²) in [5.74, 6) is 1.47. The lowest BCUT2D eigenvalue weighted by Crippen LogP contribution is -2.10. The van der Waals surface area contributed by atoms with E-state index in [9.17, 15) is 0 Å². The molecular formula is C7H12INO. The van der Waals surface area contributed by atoms with Crippen molar-refractivity contribution < 1.29 is 4.74 Å². The summed E-state index contributed by atoms with van der Waals surface area (Å²) in [5.41, 5.74) is 0. The van der Waals surface area contributed by atoms with E-state index in [0.29, 0.717) is 5.88 Å². The lowest BCUT2D eigenvalue weighted by atomic mass is 10.5.